The van der Waals surface area contributed by atoms with Crippen LogP contribution in [0.5, 0.6) is 11.5 Å². The number of hydrogen-bond donors (Lipinski definition) is 0. The molecule has 4 nitrogen and oxygen atoms in total. The molecule has 0 atom stereocenters. The third kappa shape index (κ3) is 3.57. The lowest BCUT2D eigenvalue weighted by molar-refractivity contribution is 0.416. The number of aromatic nitrogens is 2. The van der Waals surface area contributed by atoms with Crippen LogP contribution in [0.2, 0.25) is 10.0 Å². The molecule has 0 aliphatic heterocycles. The third-order valence-corrected chi connectivity index (χ3v) is 5.23. The van der Waals surface area contributed by atoms with E-state index in [1.807, 2.05) is 72.8 Å². The first kappa shape index (κ1) is 19.4. The third-order valence-electron chi connectivity index (χ3n) is 4.62. The van der Waals surface area contributed by atoms with Crippen molar-refractivity contribution in [3.05, 3.63) is 82.8 Å². The summed E-state index contributed by atoms with van der Waals surface area (Å²) in [4.78, 5) is 0. The van der Waals surface area contributed by atoms with E-state index >= 15 is 0 Å². The van der Waals surface area contributed by atoms with Gasteiger partial charge in [-0.2, -0.15) is 5.10 Å². The second kappa shape index (κ2) is 8.19. The molecule has 0 saturated carbocycles. The molecule has 4 rings (SSSR count). The molecule has 0 aliphatic carbocycles. The SMILES string of the molecule is COc1ccccc1-c1nn(-c2ccc(Cl)cc2)c(-c2ccccc2OC)c1Cl. The highest BCUT2D eigenvalue weighted by molar-refractivity contribution is 6.36. The summed E-state index contributed by atoms with van der Waals surface area (Å²) in [6.07, 6.45) is 0. The molecule has 0 saturated heterocycles. The van der Waals surface area contributed by atoms with Crippen molar-refractivity contribution in [1.29, 1.82) is 0 Å². The Morgan fingerprint density at radius 2 is 1.28 bits per heavy atom. The molecule has 6 heteroatoms. The van der Waals surface area contributed by atoms with Gasteiger partial charge in [0.05, 0.1) is 30.6 Å². The normalized spacial score (nSPS) is 10.8. The Morgan fingerprint density at radius 3 is 1.90 bits per heavy atom. The van der Waals surface area contributed by atoms with Crippen LogP contribution in [0, 0.1) is 0 Å². The minimum Gasteiger partial charge on any atom is -0.496 e. The van der Waals surface area contributed by atoms with Gasteiger partial charge in [0.1, 0.15) is 17.2 Å². The van der Waals surface area contributed by atoms with Crippen molar-refractivity contribution in [3.8, 4) is 39.7 Å². The minimum atomic E-state index is 0.508. The molecule has 3 aromatic carbocycles. The molecule has 0 aliphatic rings. The van der Waals surface area contributed by atoms with E-state index in [1.54, 1.807) is 18.9 Å². The van der Waals surface area contributed by atoms with Crippen LogP contribution in [0.25, 0.3) is 28.2 Å². The average molecular weight is 425 g/mol. The zero-order valence-corrected chi connectivity index (χ0v) is 17.4. The van der Waals surface area contributed by atoms with E-state index in [1.165, 1.54) is 0 Å². The molecule has 0 amide bonds. The van der Waals surface area contributed by atoms with E-state index in [-0.39, 0.29) is 0 Å². The van der Waals surface area contributed by atoms with E-state index in [4.69, 9.17) is 37.8 Å². The van der Waals surface area contributed by atoms with E-state index in [9.17, 15) is 0 Å². The van der Waals surface area contributed by atoms with E-state index < -0.39 is 0 Å². The Hall–Kier alpha value is -2.95. The zero-order valence-electron chi connectivity index (χ0n) is 15.9. The summed E-state index contributed by atoms with van der Waals surface area (Å²) >= 11 is 13.0. The zero-order chi connectivity index (χ0) is 20.4. The second-order valence-corrected chi connectivity index (χ2v) is 7.11. The summed E-state index contributed by atoms with van der Waals surface area (Å²) in [5.74, 6) is 1.40. The Morgan fingerprint density at radius 1 is 0.724 bits per heavy atom. The molecule has 0 fully saturated rings. The number of para-hydroxylation sites is 2. The van der Waals surface area contributed by atoms with Crippen molar-refractivity contribution < 1.29 is 9.47 Å². The first-order valence-corrected chi connectivity index (χ1v) is 9.71. The van der Waals surface area contributed by atoms with Gasteiger partial charge < -0.3 is 9.47 Å². The standard InChI is InChI=1S/C23H18Cl2N2O2/c1-28-19-9-5-3-7-17(19)22-21(25)23(18-8-4-6-10-20(18)29-2)27(26-22)16-13-11-15(24)12-14-16/h3-14H,1-2H3. The molecule has 0 bridgehead atoms. The molecule has 0 unspecified atom stereocenters. The fraction of sp³-hybridized carbons (Fsp3) is 0.0870. The number of halogens is 2. The predicted octanol–water partition coefficient (Wildman–Crippen LogP) is 6.53. The maximum atomic E-state index is 6.92. The van der Waals surface area contributed by atoms with Crippen LogP contribution < -0.4 is 9.47 Å². The summed E-state index contributed by atoms with van der Waals surface area (Å²) in [5.41, 5.74) is 3.83. The van der Waals surface area contributed by atoms with E-state index in [0.29, 0.717) is 27.2 Å². The van der Waals surface area contributed by atoms with Crippen LogP contribution in [0.3, 0.4) is 0 Å². The first-order chi connectivity index (χ1) is 14.1. The summed E-state index contributed by atoms with van der Waals surface area (Å²) in [5, 5.41) is 6.00. The minimum absolute atomic E-state index is 0.508. The van der Waals surface area contributed by atoms with Crippen LogP contribution in [-0.2, 0) is 0 Å². The quantitative estimate of drug-likeness (QED) is 0.365. The highest BCUT2D eigenvalue weighted by Crippen LogP contribution is 2.43. The Labute approximate surface area is 179 Å². The lowest BCUT2D eigenvalue weighted by Crippen LogP contribution is -2.00. The molecule has 1 aromatic heterocycles. The molecule has 146 valence electrons. The van der Waals surface area contributed by atoms with Crippen molar-refractivity contribution in [3.63, 3.8) is 0 Å². The second-order valence-electron chi connectivity index (χ2n) is 6.30. The van der Waals surface area contributed by atoms with Gasteiger partial charge in [-0.05, 0) is 48.5 Å². The van der Waals surface area contributed by atoms with Crippen molar-refractivity contribution in [1.82, 2.24) is 9.78 Å². The maximum absolute atomic E-state index is 6.92. The number of rotatable bonds is 5. The van der Waals surface area contributed by atoms with Crippen molar-refractivity contribution in [2.75, 3.05) is 14.2 Å². The molecule has 4 aromatic rings. The molecular weight excluding hydrogens is 407 g/mol. The average Bonchev–Trinajstić information content (AvgIpc) is 3.10. The summed E-state index contributed by atoms with van der Waals surface area (Å²) in [7, 11) is 3.26. The molecule has 0 N–H and O–H groups in total. The molecular formula is C23H18Cl2N2O2. The van der Waals surface area contributed by atoms with E-state index in [0.717, 1.165) is 22.5 Å². The fourth-order valence-electron chi connectivity index (χ4n) is 3.25. The number of methoxy groups -OCH3 is 2. The van der Waals surface area contributed by atoms with Gasteiger partial charge in [-0.25, -0.2) is 4.68 Å². The van der Waals surface area contributed by atoms with Crippen LogP contribution in [0.1, 0.15) is 0 Å². The van der Waals surface area contributed by atoms with Gasteiger partial charge in [-0.3, -0.25) is 0 Å². The fourth-order valence-corrected chi connectivity index (χ4v) is 3.70. The number of nitrogens with zero attached hydrogens (tertiary/aromatic N) is 2. The number of hydrogen-bond acceptors (Lipinski definition) is 3. The molecule has 0 radical (unpaired) electrons. The monoisotopic (exact) mass is 424 g/mol. The summed E-state index contributed by atoms with van der Waals surface area (Å²) in [6, 6.07) is 22.8. The summed E-state index contributed by atoms with van der Waals surface area (Å²) in [6.45, 7) is 0. The lowest BCUT2D eigenvalue weighted by atomic mass is 10.1. The van der Waals surface area contributed by atoms with E-state index in [2.05, 4.69) is 0 Å². The van der Waals surface area contributed by atoms with Gasteiger partial charge in [0.15, 0.2) is 0 Å². The molecule has 0 spiro atoms. The van der Waals surface area contributed by atoms with Crippen molar-refractivity contribution in [2.45, 2.75) is 0 Å². The van der Waals surface area contributed by atoms with Gasteiger partial charge in [0.25, 0.3) is 0 Å². The van der Waals surface area contributed by atoms with Crippen molar-refractivity contribution >= 4 is 23.2 Å². The predicted molar refractivity (Wildman–Crippen MR) is 118 cm³/mol. The van der Waals surface area contributed by atoms with Gasteiger partial charge in [-0.15, -0.1) is 0 Å². The Balaban J connectivity index is 2.02. The number of benzene rings is 3. The van der Waals surface area contributed by atoms with Crippen LogP contribution in [0.4, 0.5) is 0 Å². The Bertz CT molecular complexity index is 1150. The van der Waals surface area contributed by atoms with Crippen LogP contribution in [-0.4, -0.2) is 24.0 Å². The van der Waals surface area contributed by atoms with Crippen molar-refractivity contribution in [2.24, 2.45) is 0 Å². The topological polar surface area (TPSA) is 36.3 Å². The highest BCUT2D eigenvalue weighted by Gasteiger charge is 2.24. The Kier molecular flexibility index (Phi) is 5.47. The highest BCUT2D eigenvalue weighted by atomic mass is 35.5. The molecule has 1 heterocycles. The van der Waals surface area contributed by atoms with Gasteiger partial charge in [0, 0.05) is 16.1 Å². The summed E-state index contributed by atoms with van der Waals surface area (Å²) < 4.78 is 12.9. The lowest BCUT2D eigenvalue weighted by Gasteiger charge is -2.11. The maximum Gasteiger partial charge on any atom is 0.128 e. The largest absolute Gasteiger partial charge is 0.496 e. The van der Waals surface area contributed by atoms with Crippen LogP contribution in [0.15, 0.2) is 72.8 Å². The van der Waals surface area contributed by atoms with Gasteiger partial charge in [0.2, 0.25) is 0 Å². The first-order valence-electron chi connectivity index (χ1n) is 8.95. The van der Waals surface area contributed by atoms with Gasteiger partial charge in [-0.1, -0.05) is 47.5 Å². The van der Waals surface area contributed by atoms with Gasteiger partial charge >= 0.3 is 0 Å². The van der Waals surface area contributed by atoms with Crippen LogP contribution >= 0.6 is 23.2 Å². The molecule has 29 heavy (non-hydrogen) atoms. The smallest absolute Gasteiger partial charge is 0.128 e. The number of ether oxygens (including phenoxy) is 2.